The van der Waals surface area contributed by atoms with E-state index in [0.29, 0.717) is 31.1 Å². The Kier molecular flexibility index (Phi) is 6.43. The number of carbonyl (C=O) groups is 1. The van der Waals surface area contributed by atoms with Crippen molar-refractivity contribution < 1.29 is 13.9 Å². The van der Waals surface area contributed by atoms with Crippen LogP contribution in [0.4, 0.5) is 0 Å². The van der Waals surface area contributed by atoms with Crippen LogP contribution in [0.1, 0.15) is 33.9 Å². The third kappa shape index (κ3) is 4.14. The number of ether oxygens (including phenoxy) is 1. The van der Waals surface area contributed by atoms with Crippen molar-refractivity contribution in [2.24, 2.45) is 0 Å². The Bertz CT molecular complexity index is 401. The Hall–Kier alpha value is -0.810. The van der Waals surface area contributed by atoms with Crippen LogP contribution in [0, 0.1) is 20.8 Å². The molecule has 1 amide bonds. The van der Waals surface area contributed by atoms with Gasteiger partial charge < -0.3 is 14.5 Å². The number of halogens is 1. The maximum absolute atomic E-state index is 12.0. The largest absolute Gasteiger partial charge is 0.466 e. The molecule has 1 aromatic heterocycles. The minimum Gasteiger partial charge on any atom is -0.466 e. The highest BCUT2D eigenvalue weighted by molar-refractivity contribution is 9.09. The van der Waals surface area contributed by atoms with Crippen LogP contribution < -0.4 is 5.32 Å². The van der Waals surface area contributed by atoms with Crippen molar-refractivity contribution in [3.63, 3.8) is 0 Å². The van der Waals surface area contributed by atoms with Gasteiger partial charge in [0, 0.05) is 24.0 Å². The van der Waals surface area contributed by atoms with E-state index >= 15 is 0 Å². The summed E-state index contributed by atoms with van der Waals surface area (Å²) < 4.78 is 10.7. The zero-order valence-corrected chi connectivity index (χ0v) is 12.7. The monoisotopic (exact) mass is 317 g/mol. The van der Waals surface area contributed by atoms with Gasteiger partial charge in [-0.1, -0.05) is 15.9 Å². The number of furan rings is 1. The molecule has 0 aliphatic carbocycles. The van der Waals surface area contributed by atoms with Crippen LogP contribution in [0.2, 0.25) is 0 Å². The first-order valence-electron chi connectivity index (χ1n) is 6.06. The predicted octanol–water partition coefficient (Wildman–Crippen LogP) is 2.74. The Morgan fingerprint density at radius 3 is 2.56 bits per heavy atom. The highest BCUT2D eigenvalue weighted by atomic mass is 79.9. The van der Waals surface area contributed by atoms with Gasteiger partial charge in [0.05, 0.1) is 12.2 Å². The zero-order valence-electron chi connectivity index (χ0n) is 11.1. The predicted molar refractivity (Wildman–Crippen MR) is 74.5 cm³/mol. The molecule has 0 aliphatic rings. The Labute approximate surface area is 116 Å². The second kappa shape index (κ2) is 7.59. The molecule has 0 aromatic carbocycles. The van der Waals surface area contributed by atoms with Crippen LogP contribution in [0.3, 0.4) is 0 Å². The molecule has 0 aliphatic heterocycles. The molecule has 1 rings (SSSR count). The molecule has 0 unspecified atom stereocenters. The normalized spacial score (nSPS) is 10.7. The van der Waals surface area contributed by atoms with E-state index < -0.39 is 0 Å². The van der Waals surface area contributed by atoms with Crippen LogP contribution in [0.15, 0.2) is 4.42 Å². The zero-order chi connectivity index (χ0) is 13.5. The molecule has 0 atom stereocenters. The van der Waals surface area contributed by atoms with E-state index in [-0.39, 0.29) is 5.91 Å². The Balaban J connectivity index is 2.37. The summed E-state index contributed by atoms with van der Waals surface area (Å²) in [4.78, 5) is 12.0. The van der Waals surface area contributed by atoms with Gasteiger partial charge in [-0.2, -0.15) is 0 Å². The molecular weight excluding hydrogens is 298 g/mol. The topological polar surface area (TPSA) is 51.5 Å². The van der Waals surface area contributed by atoms with Gasteiger partial charge in [0.15, 0.2) is 0 Å². The highest BCUT2D eigenvalue weighted by Crippen LogP contribution is 2.20. The molecule has 0 bridgehead atoms. The summed E-state index contributed by atoms with van der Waals surface area (Å²) in [5.41, 5.74) is 1.58. The van der Waals surface area contributed by atoms with E-state index in [0.717, 1.165) is 23.1 Å². The standard InChI is InChI=1S/C13H20BrNO3/c1-9-10(2)18-11(3)12(9)13(16)15-6-4-7-17-8-5-14/h4-8H2,1-3H3,(H,15,16). The molecular formula is C13H20BrNO3. The van der Waals surface area contributed by atoms with E-state index in [1.807, 2.05) is 20.8 Å². The smallest absolute Gasteiger partial charge is 0.255 e. The summed E-state index contributed by atoms with van der Waals surface area (Å²) in [7, 11) is 0. The van der Waals surface area contributed by atoms with Crippen molar-refractivity contribution in [3.8, 4) is 0 Å². The number of hydrogen-bond donors (Lipinski definition) is 1. The molecule has 1 N–H and O–H groups in total. The number of carbonyl (C=O) groups excluding carboxylic acids is 1. The molecule has 102 valence electrons. The van der Waals surface area contributed by atoms with Gasteiger partial charge in [0.1, 0.15) is 11.5 Å². The summed E-state index contributed by atoms with van der Waals surface area (Å²) in [5.74, 6) is 1.42. The number of amides is 1. The molecule has 4 nitrogen and oxygen atoms in total. The maximum atomic E-state index is 12.0. The first kappa shape index (κ1) is 15.2. The third-order valence-electron chi connectivity index (χ3n) is 2.76. The van der Waals surface area contributed by atoms with Gasteiger partial charge in [0.25, 0.3) is 5.91 Å². The van der Waals surface area contributed by atoms with Gasteiger partial charge >= 0.3 is 0 Å². The van der Waals surface area contributed by atoms with Crippen molar-refractivity contribution in [1.29, 1.82) is 0 Å². The van der Waals surface area contributed by atoms with Crippen molar-refractivity contribution in [3.05, 3.63) is 22.6 Å². The lowest BCUT2D eigenvalue weighted by Gasteiger charge is -2.05. The number of alkyl halides is 1. The lowest BCUT2D eigenvalue weighted by molar-refractivity contribution is 0.0942. The molecule has 18 heavy (non-hydrogen) atoms. The quantitative estimate of drug-likeness (QED) is 0.621. The number of hydrogen-bond acceptors (Lipinski definition) is 3. The summed E-state index contributed by atoms with van der Waals surface area (Å²) in [6.45, 7) is 7.56. The minimum absolute atomic E-state index is 0.0673. The maximum Gasteiger partial charge on any atom is 0.255 e. The van der Waals surface area contributed by atoms with E-state index in [1.165, 1.54) is 0 Å². The fourth-order valence-electron chi connectivity index (χ4n) is 1.75. The lowest BCUT2D eigenvalue weighted by atomic mass is 10.1. The summed E-state index contributed by atoms with van der Waals surface area (Å²) in [6.07, 6.45) is 0.813. The molecule has 0 radical (unpaired) electrons. The van der Waals surface area contributed by atoms with E-state index in [2.05, 4.69) is 21.2 Å². The highest BCUT2D eigenvalue weighted by Gasteiger charge is 2.17. The molecule has 0 saturated heterocycles. The molecule has 1 heterocycles. The van der Waals surface area contributed by atoms with Crippen LogP contribution in [0.25, 0.3) is 0 Å². The Morgan fingerprint density at radius 2 is 2.00 bits per heavy atom. The van der Waals surface area contributed by atoms with Gasteiger partial charge in [-0.25, -0.2) is 0 Å². The molecule has 0 spiro atoms. The van der Waals surface area contributed by atoms with Crippen molar-refractivity contribution in [2.75, 3.05) is 25.1 Å². The fraction of sp³-hybridized carbons (Fsp3) is 0.615. The summed E-state index contributed by atoms with van der Waals surface area (Å²) in [5, 5.41) is 3.72. The third-order valence-corrected chi connectivity index (χ3v) is 3.08. The first-order valence-corrected chi connectivity index (χ1v) is 7.18. The second-order valence-electron chi connectivity index (χ2n) is 4.13. The Morgan fingerprint density at radius 1 is 1.28 bits per heavy atom. The average molecular weight is 318 g/mol. The van der Waals surface area contributed by atoms with Crippen molar-refractivity contribution in [2.45, 2.75) is 27.2 Å². The van der Waals surface area contributed by atoms with Gasteiger partial charge in [-0.05, 0) is 27.2 Å². The van der Waals surface area contributed by atoms with Crippen LogP contribution in [-0.4, -0.2) is 31.0 Å². The van der Waals surface area contributed by atoms with Crippen molar-refractivity contribution in [1.82, 2.24) is 5.32 Å². The molecule has 0 saturated carbocycles. The van der Waals surface area contributed by atoms with E-state index in [1.54, 1.807) is 0 Å². The molecule has 1 aromatic rings. The summed E-state index contributed by atoms with van der Waals surface area (Å²) in [6, 6.07) is 0. The van der Waals surface area contributed by atoms with Gasteiger partial charge in [-0.3, -0.25) is 4.79 Å². The van der Waals surface area contributed by atoms with Gasteiger partial charge in [-0.15, -0.1) is 0 Å². The number of nitrogens with one attached hydrogen (secondary N) is 1. The van der Waals surface area contributed by atoms with E-state index in [4.69, 9.17) is 9.15 Å². The fourth-order valence-corrected chi connectivity index (χ4v) is 1.98. The average Bonchev–Trinajstić information content (AvgIpc) is 2.58. The lowest BCUT2D eigenvalue weighted by Crippen LogP contribution is -2.26. The van der Waals surface area contributed by atoms with Crippen LogP contribution in [-0.2, 0) is 4.74 Å². The van der Waals surface area contributed by atoms with E-state index in [9.17, 15) is 4.79 Å². The van der Waals surface area contributed by atoms with Crippen LogP contribution in [0.5, 0.6) is 0 Å². The second-order valence-corrected chi connectivity index (χ2v) is 4.92. The van der Waals surface area contributed by atoms with Crippen LogP contribution >= 0.6 is 15.9 Å². The van der Waals surface area contributed by atoms with Gasteiger partial charge in [0.2, 0.25) is 0 Å². The SMILES string of the molecule is Cc1oc(C)c(C(=O)NCCCOCCBr)c1C. The summed E-state index contributed by atoms with van der Waals surface area (Å²) >= 11 is 3.29. The molecule has 5 heteroatoms. The number of aryl methyl sites for hydroxylation is 2. The minimum atomic E-state index is -0.0673. The molecule has 0 fully saturated rings. The van der Waals surface area contributed by atoms with Crippen molar-refractivity contribution >= 4 is 21.8 Å². The first-order chi connectivity index (χ1) is 8.57. The number of rotatable bonds is 7.